The summed E-state index contributed by atoms with van der Waals surface area (Å²) in [5.74, 6) is -0.813. The van der Waals surface area contributed by atoms with Gasteiger partial charge in [0.2, 0.25) is 0 Å². The van der Waals surface area contributed by atoms with E-state index in [2.05, 4.69) is 38.2 Å². The molecule has 10 heteroatoms. The lowest BCUT2D eigenvalue weighted by Crippen LogP contribution is -2.29. The van der Waals surface area contributed by atoms with Crippen LogP contribution in [0.2, 0.25) is 0 Å². The van der Waals surface area contributed by atoms with Crippen molar-refractivity contribution in [2.45, 2.75) is 380 Å². The van der Waals surface area contributed by atoms with E-state index in [4.69, 9.17) is 24.3 Å². The number of hydrogen-bond acceptors (Lipinski definition) is 8. The Balaban J connectivity index is 3.72. The maximum atomic E-state index is 12.7. The van der Waals surface area contributed by atoms with Crippen LogP contribution in [0.25, 0.3) is 0 Å². The number of ether oxygens (including phenoxy) is 2. The van der Waals surface area contributed by atoms with Crippen molar-refractivity contribution in [3.63, 3.8) is 0 Å². The fraction of sp³-hybridized carbons (Fsp3) is 0.913. The summed E-state index contributed by atoms with van der Waals surface area (Å²) in [5, 5.41) is 0. The molecule has 0 aliphatic rings. The van der Waals surface area contributed by atoms with Gasteiger partial charge < -0.3 is 20.1 Å². The van der Waals surface area contributed by atoms with Crippen molar-refractivity contribution in [3.05, 3.63) is 24.3 Å². The zero-order valence-electron chi connectivity index (χ0n) is 52.6. The first kappa shape index (κ1) is 77.5. The molecule has 0 radical (unpaired) electrons. The van der Waals surface area contributed by atoms with Crippen LogP contribution in [0.4, 0.5) is 0 Å². The van der Waals surface area contributed by atoms with E-state index >= 15 is 0 Å². The van der Waals surface area contributed by atoms with E-state index in [1.54, 1.807) is 0 Å². The Hall–Kier alpha value is -1.51. The second kappa shape index (κ2) is 65.6. The summed E-state index contributed by atoms with van der Waals surface area (Å²) < 4.78 is 33.1. The molecule has 0 aromatic rings. The SMILES string of the molecule is CCCCC/C=C\C/C=C\CCCCCCCCCCCC(=O)OC(COC(=O)CCCCCCCCCCCCCCCCCCCCCCCCCCCCCCCCCCCCCCCCC)COP(=O)(O)OCCN. The predicted octanol–water partition coefficient (Wildman–Crippen LogP) is 22.5. The molecule has 0 bridgehead atoms. The molecule has 2 atom stereocenters. The summed E-state index contributed by atoms with van der Waals surface area (Å²) in [6, 6.07) is 0. The van der Waals surface area contributed by atoms with Gasteiger partial charge in [-0.05, 0) is 44.9 Å². The molecule has 0 saturated carbocycles. The van der Waals surface area contributed by atoms with Gasteiger partial charge in [-0.15, -0.1) is 0 Å². The van der Waals surface area contributed by atoms with Crippen LogP contribution in [-0.2, 0) is 32.7 Å². The summed E-state index contributed by atoms with van der Waals surface area (Å²) in [7, 11) is -4.39. The van der Waals surface area contributed by atoms with Gasteiger partial charge in [0.1, 0.15) is 6.61 Å². The Kier molecular flexibility index (Phi) is 64.4. The normalized spacial score (nSPS) is 13.0. The molecule has 0 spiro atoms. The molecule has 0 aromatic carbocycles. The van der Waals surface area contributed by atoms with Crippen molar-refractivity contribution in [1.29, 1.82) is 0 Å². The van der Waals surface area contributed by atoms with Crippen LogP contribution in [0.5, 0.6) is 0 Å². The van der Waals surface area contributed by atoms with E-state index in [1.807, 2.05) is 0 Å². The highest BCUT2D eigenvalue weighted by molar-refractivity contribution is 7.47. The fourth-order valence-electron chi connectivity index (χ4n) is 10.7. The van der Waals surface area contributed by atoms with E-state index in [1.165, 1.54) is 289 Å². The summed E-state index contributed by atoms with van der Waals surface area (Å²) in [6.07, 6.45) is 80.1. The van der Waals surface area contributed by atoms with Gasteiger partial charge in [0.25, 0.3) is 0 Å². The second-order valence-corrected chi connectivity index (χ2v) is 25.2. The van der Waals surface area contributed by atoms with E-state index in [0.29, 0.717) is 6.42 Å². The third-order valence-corrected chi connectivity index (χ3v) is 16.8. The van der Waals surface area contributed by atoms with Gasteiger partial charge in [0.05, 0.1) is 13.2 Å². The number of unbranched alkanes of at least 4 members (excludes halogenated alkanes) is 50. The fourth-order valence-corrected chi connectivity index (χ4v) is 11.4. The molecule has 0 rings (SSSR count). The predicted molar refractivity (Wildman–Crippen MR) is 340 cm³/mol. The Labute approximate surface area is 491 Å². The Morgan fingerprint density at radius 3 is 0.987 bits per heavy atom. The highest BCUT2D eigenvalue weighted by atomic mass is 31.2. The Bertz CT molecular complexity index is 1340. The van der Waals surface area contributed by atoms with Gasteiger partial charge in [0, 0.05) is 19.4 Å². The van der Waals surface area contributed by atoms with E-state index < -0.39 is 26.5 Å². The van der Waals surface area contributed by atoms with Crippen molar-refractivity contribution >= 4 is 19.8 Å². The molecule has 468 valence electrons. The van der Waals surface area contributed by atoms with Crippen molar-refractivity contribution < 1.29 is 37.6 Å². The molecule has 2 unspecified atom stereocenters. The Morgan fingerprint density at radius 1 is 0.380 bits per heavy atom. The van der Waals surface area contributed by atoms with Crippen LogP contribution in [0, 0.1) is 0 Å². The number of phosphoric acid groups is 1. The highest BCUT2D eigenvalue weighted by Crippen LogP contribution is 2.43. The minimum atomic E-state index is -4.39. The van der Waals surface area contributed by atoms with E-state index in [9.17, 15) is 19.0 Å². The molecule has 0 aliphatic heterocycles. The van der Waals surface area contributed by atoms with Crippen molar-refractivity contribution in [3.8, 4) is 0 Å². The molecule has 79 heavy (non-hydrogen) atoms. The monoisotopic (exact) mass is 1140 g/mol. The first-order valence-corrected chi connectivity index (χ1v) is 36.3. The average molecular weight is 1140 g/mol. The maximum Gasteiger partial charge on any atom is 0.472 e. The number of rotatable bonds is 67. The van der Waals surface area contributed by atoms with Gasteiger partial charge in [0.15, 0.2) is 6.10 Å². The average Bonchev–Trinajstić information content (AvgIpc) is 3.44. The summed E-state index contributed by atoms with van der Waals surface area (Å²) >= 11 is 0. The summed E-state index contributed by atoms with van der Waals surface area (Å²) in [5.41, 5.74) is 5.39. The van der Waals surface area contributed by atoms with Crippen molar-refractivity contribution in [2.75, 3.05) is 26.4 Å². The second-order valence-electron chi connectivity index (χ2n) is 23.8. The van der Waals surface area contributed by atoms with Crippen LogP contribution >= 0.6 is 7.82 Å². The minimum absolute atomic E-state index is 0.0549. The number of allylic oxidation sites excluding steroid dienone is 4. The number of carbonyl (C=O) groups excluding carboxylic acids is 2. The van der Waals surface area contributed by atoms with Crippen molar-refractivity contribution in [2.24, 2.45) is 5.73 Å². The topological polar surface area (TPSA) is 134 Å². The zero-order chi connectivity index (χ0) is 57.3. The highest BCUT2D eigenvalue weighted by Gasteiger charge is 2.26. The van der Waals surface area contributed by atoms with Crippen molar-refractivity contribution in [1.82, 2.24) is 0 Å². The van der Waals surface area contributed by atoms with Gasteiger partial charge in [-0.2, -0.15) is 0 Å². The molecule has 9 nitrogen and oxygen atoms in total. The van der Waals surface area contributed by atoms with Crippen LogP contribution in [0.1, 0.15) is 373 Å². The zero-order valence-corrected chi connectivity index (χ0v) is 53.5. The first-order chi connectivity index (χ1) is 38.8. The van der Waals surface area contributed by atoms with E-state index in [-0.39, 0.29) is 38.6 Å². The summed E-state index contributed by atoms with van der Waals surface area (Å²) in [6.45, 7) is 3.78. The molecule has 0 aliphatic carbocycles. The third kappa shape index (κ3) is 65.5. The molecule has 0 aromatic heterocycles. The van der Waals surface area contributed by atoms with Crippen LogP contribution in [0.3, 0.4) is 0 Å². The lowest BCUT2D eigenvalue weighted by molar-refractivity contribution is -0.161. The lowest BCUT2D eigenvalue weighted by Gasteiger charge is -2.19. The number of carbonyl (C=O) groups is 2. The van der Waals surface area contributed by atoms with E-state index in [0.717, 1.165) is 51.4 Å². The molecule has 0 saturated heterocycles. The molecular formula is C69H134NO8P. The number of nitrogens with two attached hydrogens (primary N) is 1. The molecule has 3 N–H and O–H groups in total. The van der Waals surface area contributed by atoms with Crippen LogP contribution < -0.4 is 5.73 Å². The number of hydrogen-bond donors (Lipinski definition) is 2. The molecule has 0 fully saturated rings. The quantitative estimate of drug-likeness (QED) is 0.0264. The number of esters is 2. The van der Waals surface area contributed by atoms with Gasteiger partial charge in [-0.1, -0.05) is 340 Å². The lowest BCUT2D eigenvalue weighted by atomic mass is 10.0. The largest absolute Gasteiger partial charge is 0.472 e. The first-order valence-electron chi connectivity index (χ1n) is 34.8. The third-order valence-electron chi connectivity index (χ3n) is 15.8. The summed E-state index contributed by atoms with van der Waals surface area (Å²) in [4.78, 5) is 35.3. The Morgan fingerprint density at radius 2 is 0.658 bits per heavy atom. The molecular weight excluding hydrogens is 1000 g/mol. The molecule has 0 amide bonds. The maximum absolute atomic E-state index is 12.7. The van der Waals surface area contributed by atoms with Crippen LogP contribution in [-0.4, -0.2) is 49.3 Å². The van der Waals surface area contributed by atoms with Gasteiger partial charge >= 0.3 is 19.8 Å². The smallest absolute Gasteiger partial charge is 0.462 e. The van der Waals surface area contributed by atoms with Crippen LogP contribution in [0.15, 0.2) is 24.3 Å². The standard InChI is InChI=1S/C69H134NO8P/c1-3-5-7-9-11-13-15-17-19-21-23-24-25-26-27-28-29-30-31-32-33-34-35-36-37-38-39-40-41-42-44-45-47-49-51-53-55-57-59-61-68(71)75-65-67(66-77-79(73,74)76-64-63-70)78-69(72)62-60-58-56-54-52-50-48-46-43-22-20-18-16-14-12-10-8-6-4-2/h12,14,18,20,67H,3-11,13,15-17,19,21-66,70H2,1-2H3,(H,73,74)/b14-12-,20-18-. The minimum Gasteiger partial charge on any atom is -0.462 e. The van der Waals surface area contributed by atoms with Gasteiger partial charge in [-0.3, -0.25) is 18.6 Å². The molecule has 0 heterocycles. The number of phosphoric ester groups is 1. The van der Waals surface area contributed by atoms with Gasteiger partial charge in [-0.25, -0.2) is 4.57 Å².